The highest BCUT2D eigenvalue weighted by Crippen LogP contribution is 2.24. The zero-order chi connectivity index (χ0) is 20.2. The van der Waals surface area contributed by atoms with Gasteiger partial charge in [-0.05, 0) is 24.5 Å². The largest absolute Gasteiger partial charge is 0.382 e. The van der Waals surface area contributed by atoms with Crippen molar-refractivity contribution in [2.45, 2.75) is 11.4 Å². The smallest absolute Gasteiger partial charge is 0.282 e. The number of nitrogens with two attached hydrogens (primary N) is 1. The maximum Gasteiger partial charge on any atom is 0.282 e. The highest BCUT2D eigenvalue weighted by atomic mass is 32.2. The fraction of sp³-hybridized carbons (Fsp3) is 0.105. The molecule has 29 heavy (non-hydrogen) atoms. The molecule has 0 unspecified atom stereocenters. The summed E-state index contributed by atoms with van der Waals surface area (Å²) in [6, 6.07) is 16.9. The first-order valence-corrected chi connectivity index (χ1v) is 9.89. The van der Waals surface area contributed by atoms with E-state index in [0.717, 1.165) is 10.5 Å². The first kappa shape index (κ1) is 18.7. The Labute approximate surface area is 170 Å². The van der Waals surface area contributed by atoms with Crippen molar-refractivity contribution < 1.29 is 9.32 Å². The summed E-state index contributed by atoms with van der Waals surface area (Å²) < 4.78 is 6.55. The molecule has 1 amide bonds. The number of thioether (sulfide) groups is 1. The second kappa shape index (κ2) is 8.15. The summed E-state index contributed by atoms with van der Waals surface area (Å²) in [4.78, 5) is 17.7. The Hall–Kier alpha value is -3.66. The molecule has 0 atom stereocenters. The van der Waals surface area contributed by atoms with Crippen LogP contribution in [-0.4, -0.2) is 37.3 Å². The van der Waals surface area contributed by atoms with Crippen molar-refractivity contribution in [3.63, 3.8) is 0 Å². The molecule has 4 aromatic rings. The Kier molecular flexibility index (Phi) is 5.25. The molecule has 4 rings (SSSR count). The number of carbonyl (C=O) groups excluding carboxylic acids is 1. The van der Waals surface area contributed by atoms with Crippen molar-refractivity contribution in [1.82, 2.24) is 25.1 Å². The molecule has 0 spiro atoms. The van der Waals surface area contributed by atoms with Gasteiger partial charge in [0.05, 0.1) is 0 Å². The molecule has 3 N–H and O–H groups in total. The van der Waals surface area contributed by atoms with Crippen molar-refractivity contribution in [3.8, 4) is 23.0 Å². The molecule has 2 aromatic heterocycles. The summed E-state index contributed by atoms with van der Waals surface area (Å²) in [6.45, 7) is -0.0952. The summed E-state index contributed by atoms with van der Waals surface area (Å²) in [7, 11) is 0. The predicted octanol–water partition coefficient (Wildman–Crippen LogP) is 2.94. The molecule has 10 heteroatoms. The molecule has 9 nitrogen and oxygen atoms in total. The quantitative estimate of drug-likeness (QED) is 0.467. The lowest BCUT2D eigenvalue weighted by Gasteiger charge is -2.07. The number of carbonyl (C=O) groups is 1. The van der Waals surface area contributed by atoms with Gasteiger partial charge in [-0.15, -0.1) is 16.9 Å². The van der Waals surface area contributed by atoms with Gasteiger partial charge in [-0.25, -0.2) is 4.68 Å². The molecule has 0 fully saturated rings. The van der Waals surface area contributed by atoms with Crippen LogP contribution in [0.25, 0.3) is 23.0 Å². The average Bonchev–Trinajstić information content (AvgIpc) is 3.36. The molecule has 0 bridgehead atoms. The van der Waals surface area contributed by atoms with Crippen molar-refractivity contribution in [1.29, 1.82) is 0 Å². The van der Waals surface area contributed by atoms with Crippen LogP contribution in [0.1, 0.15) is 0 Å². The zero-order valence-corrected chi connectivity index (χ0v) is 16.3. The van der Waals surface area contributed by atoms with Gasteiger partial charge in [0, 0.05) is 16.1 Å². The van der Waals surface area contributed by atoms with E-state index in [1.165, 1.54) is 4.68 Å². The van der Waals surface area contributed by atoms with Crippen molar-refractivity contribution >= 4 is 29.2 Å². The Morgan fingerprint density at radius 2 is 2.03 bits per heavy atom. The molecule has 0 aliphatic rings. The number of hydrogen-bond donors (Lipinski definition) is 2. The first-order valence-electron chi connectivity index (χ1n) is 8.66. The number of anilines is 2. The SMILES string of the molecule is CSc1cccc(NC(=O)Cn2nnc(-c3nc(-c4ccccc4)no3)c2N)c1. The van der Waals surface area contributed by atoms with Crippen molar-refractivity contribution in [2.75, 3.05) is 17.3 Å². The van der Waals surface area contributed by atoms with Crippen LogP contribution in [-0.2, 0) is 11.3 Å². The molecular weight excluding hydrogens is 390 g/mol. The van der Waals surface area contributed by atoms with Gasteiger partial charge in [0.1, 0.15) is 6.54 Å². The van der Waals surface area contributed by atoms with Crippen LogP contribution in [0.2, 0.25) is 0 Å². The summed E-state index contributed by atoms with van der Waals surface area (Å²) in [5.74, 6) is 0.449. The van der Waals surface area contributed by atoms with Crippen molar-refractivity contribution in [2.24, 2.45) is 0 Å². The molecule has 2 heterocycles. The Balaban J connectivity index is 1.49. The molecule has 0 aliphatic carbocycles. The third kappa shape index (κ3) is 4.11. The van der Waals surface area contributed by atoms with E-state index in [9.17, 15) is 4.79 Å². The van der Waals surface area contributed by atoms with Gasteiger partial charge in [-0.2, -0.15) is 4.98 Å². The number of rotatable bonds is 6. The summed E-state index contributed by atoms with van der Waals surface area (Å²) in [5.41, 5.74) is 7.84. The van der Waals surface area contributed by atoms with Gasteiger partial charge in [0.2, 0.25) is 11.7 Å². The molecule has 0 saturated heterocycles. The van der Waals surface area contributed by atoms with E-state index in [1.807, 2.05) is 60.9 Å². The van der Waals surface area contributed by atoms with E-state index in [1.54, 1.807) is 11.8 Å². The van der Waals surface area contributed by atoms with Gasteiger partial charge in [0.25, 0.3) is 5.89 Å². The number of nitrogens with zero attached hydrogens (tertiary/aromatic N) is 5. The molecule has 0 aliphatic heterocycles. The minimum Gasteiger partial charge on any atom is -0.382 e. The lowest BCUT2D eigenvalue weighted by molar-refractivity contribution is -0.116. The van der Waals surface area contributed by atoms with E-state index in [2.05, 4.69) is 25.8 Å². The van der Waals surface area contributed by atoms with Crippen LogP contribution in [0.3, 0.4) is 0 Å². The fourth-order valence-electron chi connectivity index (χ4n) is 2.65. The number of hydrogen-bond acceptors (Lipinski definition) is 8. The van der Waals surface area contributed by atoms with Crippen LogP contribution in [0.4, 0.5) is 11.5 Å². The first-order chi connectivity index (χ1) is 14.1. The van der Waals surface area contributed by atoms with Gasteiger partial charge < -0.3 is 15.6 Å². The standard InChI is InChI=1S/C19H17N7O2S/c1-29-14-9-5-8-13(10-14)21-15(27)11-26-17(20)16(23-25-26)19-22-18(24-28-19)12-6-3-2-4-7-12/h2-10H,11,20H2,1H3,(H,21,27). The number of nitrogen functional groups attached to an aromatic ring is 1. The van der Waals surface area contributed by atoms with Gasteiger partial charge in [-0.3, -0.25) is 4.79 Å². The summed E-state index contributed by atoms with van der Waals surface area (Å²) >= 11 is 1.60. The monoisotopic (exact) mass is 407 g/mol. The summed E-state index contributed by atoms with van der Waals surface area (Å²) in [5, 5.41) is 14.7. The molecule has 0 saturated carbocycles. The number of benzene rings is 2. The van der Waals surface area contributed by atoms with Crippen LogP contribution in [0.5, 0.6) is 0 Å². The third-order valence-electron chi connectivity index (χ3n) is 4.08. The average molecular weight is 407 g/mol. The second-order valence-electron chi connectivity index (χ2n) is 6.05. The maximum absolute atomic E-state index is 12.4. The second-order valence-corrected chi connectivity index (χ2v) is 6.93. The minimum atomic E-state index is -0.276. The van der Waals surface area contributed by atoms with E-state index in [0.29, 0.717) is 11.5 Å². The lowest BCUT2D eigenvalue weighted by atomic mass is 10.2. The normalized spacial score (nSPS) is 10.8. The van der Waals surface area contributed by atoms with Crippen LogP contribution >= 0.6 is 11.8 Å². The maximum atomic E-state index is 12.4. The highest BCUT2D eigenvalue weighted by Gasteiger charge is 2.20. The highest BCUT2D eigenvalue weighted by molar-refractivity contribution is 7.98. The van der Waals surface area contributed by atoms with Crippen LogP contribution in [0.15, 0.2) is 64.0 Å². The van der Waals surface area contributed by atoms with Crippen LogP contribution in [0, 0.1) is 0 Å². The Morgan fingerprint density at radius 1 is 1.21 bits per heavy atom. The zero-order valence-electron chi connectivity index (χ0n) is 15.4. The predicted molar refractivity (Wildman–Crippen MR) is 110 cm³/mol. The minimum absolute atomic E-state index is 0.0952. The van der Waals surface area contributed by atoms with E-state index in [4.69, 9.17) is 10.3 Å². The van der Waals surface area contributed by atoms with E-state index in [-0.39, 0.29) is 29.9 Å². The number of aromatic nitrogens is 5. The third-order valence-corrected chi connectivity index (χ3v) is 4.81. The van der Waals surface area contributed by atoms with Crippen LogP contribution < -0.4 is 11.1 Å². The van der Waals surface area contributed by atoms with E-state index < -0.39 is 0 Å². The molecular formula is C19H17N7O2S. The molecule has 2 aromatic carbocycles. The van der Waals surface area contributed by atoms with Gasteiger partial charge >= 0.3 is 0 Å². The topological polar surface area (TPSA) is 125 Å². The van der Waals surface area contributed by atoms with Crippen molar-refractivity contribution in [3.05, 3.63) is 54.6 Å². The van der Waals surface area contributed by atoms with Gasteiger partial charge in [0.15, 0.2) is 11.5 Å². The molecule has 146 valence electrons. The van der Waals surface area contributed by atoms with Gasteiger partial charge in [-0.1, -0.05) is 46.8 Å². The Bertz CT molecular complexity index is 1140. The number of amides is 1. The summed E-state index contributed by atoms with van der Waals surface area (Å²) in [6.07, 6.45) is 1.97. The lowest BCUT2D eigenvalue weighted by Crippen LogP contribution is -2.20. The fourth-order valence-corrected chi connectivity index (χ4v) is 3.11. The number of nitrogens with one attached hydrogen (secondary N) is 1. The Morgan fingerprint density at radius 3 is 2.83 bits per heavy atom. The molecule has 0 radical (unpaired) electrons. The van der Waals surface area contributed by atoms with E-state index >= 15 is 0 Å².